The van der Waals surface area contributed by atoms with Gasteiger partial charge in [0.05, 0.1) is 7.11 Å². The van der Waals surface area contributed by atoms with Crippen LogP contribution in [0.3, 0.4) is 0 Å². The van der Waals surface area contributed by atoms with Gasteiger partial charge in [0, 0.05) is 6.42 Å². The van der Waals surface area contributed by atoms with Gasteiger partial charge in [0.2, 0.25) is 5.89 Å². The summed E-state index contributed by atoms with van der Waals surface area (Å²) in [5.41, 5.74) is 5.42. The zero-order valence-corrected chi connectivity index (χ0v) is 9.79. The highest BCUT2D eigenvalue weighted by molar-refractivity contribution is 7.13. The molecule has 0 bridgehead atoms. The molecule has 0 aromatic carbocycles. The molecule has 0 fully saturated rings. The number of aromatic nitrogens is 2. The molecule has 0 saturated heterocycles. The van der Waals surface area contributed by atoms with E-state index in [4.69, 9.17) is 14.9 Å². The molecule has 0 amide bonds. The normalized spacial score (nSPS) is 10.6. The standard InChI is InChI=1S/C10H13N3O2S/c1-14-7-4-6-16-9(7)10-13-12-8(15-10)3-2-5-11/h4,6H,2-3,5,11H2,1H3. The smallest absolute Gasteiger partial charge is 0.261 e. The van der Waals surface area contributed by atoms with E-state index in [9.17, 15) is 0 Å². The first kappa shape index (κ1) is 11.1. The van der Waals surface area contributed by atoms with E-state index < -0.39 is 0 Å². The van der Waals surface area contributed by atoms with Crippen LogP contribution in [0.4, 0.5) is 0 Å². The highest BCUT2D eigenvalue weighted by Gasteiger charge is 2.14. The van der Waals surface area contributed by atoms with Crippen molar-refractivity contribution in [3.63, 3.8) is 0 Å². The van der Waals surface area contributed by atoms with Crippen LogP contribution < -0.4 is 10.5 Å². The van der Waals surface area contributed by atoms with E-state index in [2.05, 4.69) is 10.2 Å². The summed E-state index contributed by atoms with van der Waals surface area (Å²) in [5, 5.41) is 9.89. The number of hydrogen-bond acceptors (Lipinski definition) is 6. The number of nitrogens with zero attached hydrogens (tertiary/aromatic N) is 2. The number of thiophene rings is 1. The second-order valence-corrected chi connectivity index (χ2v) is 4.13. The Kier molecular flexibility index (Phi) is 3.53. The number of rotatable bonds is 5. The lowest BCUT2D eigenvalue weighted by molar-refractivity contribution is 0.415. The fourth-order valence-electron chi connectivity index (χ4n) is 1.31. The molecule has 86 valence electrons. The largest absolute Gasteiger partial charge is 0.495 e. The molecule has 0 atom stereocenters. The van der Waals surface area contributed by atoms with Gasteiger partial charge in [-0.15, -0.1) is 21.5 Å². The van der Waals surface area contributed by atoms with Gasteiger partial charge < -0.3 is 14.9 Å². The Bertz CT molecular complexity index is 452. The van der Waals surface area contributed by atoms with Crippen molar-refractivity contribution < 1.29 is 9.15 Å². The van der Waals surface area contributed by atoms with Gasteiger partial charge in [-0.2, -0.15) is 0 Å². The average molecular weight is 239 g/mol. The first-order valence-electron chi connectivity index (χ1n) is 4.99. The predicted molar refractivity (Wildman–Crippen MR) is 61.5 cm³/mol. The number of ether oxygens (including phenoxy) is 1. The van der Waals surface area contributed by atoms with Gasteiger partial charge in [-0.05, 0) is 24.4 Å². The van der Waals surface area contributed by atoms with Gasteiger partial charge in [-0.3, -0.25) is 0 Å². The third kappa shape index (κ3) is 2.23. The van der Waals surface area contributed by atoms with Crippen molar-refractivity contribution in [1.82, 2.24) is 10.2 Å². The molecule has 2 aromatic heterocycles. The van der Waals surface area contributed by atoms with Gasteiger partial charge in [0.15, 0.2) is 0 Å². The van der Waals surface area contributed by atoms with Crippen LogP contribution in [0.15, 0.2) is 15.9 Å². The first-order valence-corrected chi connectivity index (χ1v) is 5.87. The number of hydrogen-bond donors (Lipinski definition) is 1. The monoisotopic (exact) mass is 239 g/mol. The van der Waals surface area contributed by atoms with E-state index in [1.165, 1.54) is 11.3 Å². The van der Waals surface area contributed by atoms with Crippen molar-refractivity contribution in [3.8, 4) is 16.5 Å². The lowest BCUT2D eigenvalue weighted by atomic mass is 10.3. The summed E-state index contributed by atoms with van der Waals surface area (Å²) >= 11 is 1.52. The van der Waals surface area contributed by atoms with Crippen molar-refractivity contribution in [2.75, 3.05) is 13.7 Å². The summed E-state index contributed by atoms with van der Waals surface area (Å²) in [6.45, 7) is 0.625. The lowest BCUT2D eigenvalue weighted by Gasteiger charge is -1.96. The van der Waals surface area contributed by atoms with E-state index in [0.717, 1.165) is 23.5 Å². The number of aryl methyl sites for hydroxylation is 1. The zero-order valence-electron chi connectivity index (χ0n) is 8.97. The average Bonchev–Trinajstić information content (AvgIpc) is 2.94. The van der Waals surface area contributed by atoms with Crippen molar-refractivity contribution in [3.05, 3.63) is 17.3 Å². The Hall–Kier alpha value is -1.40. The molecule has 2 rings (SSSR count). The molecule has 0 aliphatic heterocycles. The molecule has 2 aromatic rings. The number of methoxy groups -OCH3 is 1. The Balaban J connectivity index is 2.18. The van der Waals surface area contributed by atoms with Gasteiger partial charge in [0.25, 0.3) is 5.89 Å². The van der Waals surface area contributed by atoms with E-state index in [1.807, 2.05) is 11.4 Å². The summed E-state index contributed by atoms with van der Waals surface area (Å²) in [4.78, 5) is 0.869. The molecule has 0 aliphatic carbocycles. The minimum atomic E-state index is 0.513. The number of nitrogens with two attached hydrogens (primary N) is 1. The summed E-state index contributed by atoms with van der Waals surface area (Å²) in [6, 6.07) is 1.88. The van der Waals surface area contributed by atoms with Crippen molar-refractivity contribution in [1.29, 1.82) is 0 Å². The van der Waals surface area contributed by atoms with Crippen LogP contribution in [0.2, 0.25) is 0 Å². The highest BCUT2D eigenvalue weighted by atomic mass is 32.1. The van der Waals surface area contributed by atoms with E-state index >= 15 is 0 Å². The molecule has 2 heterocycles. The fourth-order valence-corrected chi connectivity index (χ4v) is 2.09. The van der Waals surface area contributed by atoms with E-state index in [-0.39, 0.29) is 0 Å². The summed E-state index contributed by atoms with van der Waals surface area (Å²) in [5.74, 6) is 1.90. The van der Waals surface area contributed by atoms with E-state index in [0.29, 0.717) is 18.3 Å². The van der Waals surface area contributed by atoms with Gasteiger partial charge in [0.1, 0.15) is 10.6 Å². The van der Waals surface area contributed by atoms with Crippen LogP contribution in [0.1, 0.15) is 12.3 Å². The van der Waals surface area contributed by atoms with Gasteiger partial charge in [-0.25, -0.2) is 0 Å². The predicted octanol–water partition coefficient (Wildman–Crippen LogP) is 1.70. The van der Waals surface area contributed by atoms with Gasteiger partial charge in [-0.1, -0.05) is 0 Å². The van der Waals surface area contributed by atoms with Crippen molar-refractivity contribution >= 4 is 11.3 Å². The Morgan fingerprint density at radius 2 is 2.38 bits per heavy atom. The quantitative estimate of drug-likeness (QED) is 0.859. The summed E-state index contributed by atoms with van der Waals surface area (Å²) < 4.78 is 10.7. The zero-order chi connectivity index (χ0) is 11.4. The molecule has 5 nitrogen and oxygen atoms in total. The molecule has 6 heteroatoms. The summed E-state index contributed by atoms with van der Waals surface area (Å²) in [6.07, 6.45) is 1.57. The van der Waals surface area contributed by atoms with Crippen LogP contribution in [-0.2, 0) is 6.42 Å². The maximum Gasteiger partial charge on any atom is 0.261 e. The van der Waals surface area contributed by atoms with Gasteiger partial charge >= 0.3 is 0 Å². The Labute approximate surface area is 97.2 Å². The van der Waals surface area contributed by atoms with Crippen molar-refractivity contribution in [2.45, 2.75) is 12.8 Å². The van der Waals surface area contributed by atoms with Crippen molar-refractivity contribution in [2.24, 2.45) is 5.73 Å². The van der Waals surface area contributed by atoms with Crippen LogP contribution >= 0.6 is 11.3 Å². The van der Waals surface area contributed by atoms with Crippen LogP contribution in [0.25, 0.3) is 10.8 Å². The van der Waals surface area contributed by atoms with Crippen LogP contribution in [0.5, 0.6) is 5.75 Å². The minimum Gasteiger partial charge on any atom is -0.495 e. The molecule has 0 aliphatic rings. The molecular weight excluding hydrogens is 226 g/mol. The first-order chi connectivity index (χ1) is 7.85. The van der Waals surface area contributed by atoms with Crippen LogP contribution in [-0.4, -0.2) is 23.9 Å². The second kappa shape index (κ2) is 5.09. The highest BCUT2D eigenvalue weighted by Crippen LogP contribution is 2.34. The molecule has 0 spiro atoms. The summed E-state index contributed by atoms with van der Waals surface area (Å²) in [7, 11) is 1.62. The SMILES string of the molecule is COc1ccsc1-c1nnc(CCCN)o1. The van der Waals surface area contributed by atoms with Crippen LogP contribution in [0, 0.1) is 0 Å². The second-order valence-electron chi connectivity index (χ2n) is 3.21. The molecule has 2 N–H and O–H groups in total. The minimum absolute atomic E-state index is 0.513. The topological polar surface area (TPSA) is 74.2 Å². The molecule has 0 saturated carbocycles. The van der Waals surface area contributed by atoms with E-state index in [1.54, 1.807) is 7.11 Å². The molecular formula is C10H13N3O2S. The molecule has 0 unspecified atom stereocenters. The third-order valence-corrected chi connectivity index (χ3v) is 2.99. The maximum atomic E-state index is 5.53. The lowest BCUT2D eigenvalue weighted by Crippen LogP contribution is -2.00. The maximum absolute atomic E-state index is 5.53. The Morgan fingerprint density at radius 1 is 1.50 bits per heavy atom. The molecule has 16 heavy (non-hydrogen) atoms. The third-order valence-electron chi connectivity index (χ3n) is 2.10. The fraction of sp³-hybridized carbons (Fsp3) is 0.400. The molecule has 0 radical (unpaired) electrons. The Morgan fingerprint density at radius 3 is 3.12 bits per heavy atom.